The Kier molecular flexibility index (Phi) is 13.0. The molecular formula is C14H28N+. The van der Waals surface area contributed by atoms with E-state index in [1.165, 1.54) is 64.2 Å². The molecule has 0 aliphatic carbocycles. The zero-order valence-electron chi connectivity index (χ0n) is 10.5. The molecule has 0 aromatic heterocycles. The van der Waals surface area contributed by atoms with Crippen molar-refractivity contribution in [2.75, 3.05) is 0 Å². The highest BCUT2D eigenvalue weighted by Crippen LogP contribution is 2.10. The van der Waals surface area contributed by atoms with Gasteiger partial charge < -0.3 is 0 Å². The van der Waals surface area contributed by atoms with Gasteiger partial charge in [-0.25, -0.2) is 0 Å². The summed E-state index contributed by atoms with van der Waals surface area (Å²) in [6.45, 7) is 5.71. The Balaban J connectivity index is 2.89. The third kappa shape index (κ3) is 13.4. The highest BCUT2D eigenvalue weighted by molar-refractivity contribution is 5.57. The van der Waals surface area contributed by atoms with Gasteiger partial charge in [-0.05, 0) is 6.42 Å². The highest BCUT2D eigenvalue weighted by Gasteiger charge is 1.92. The van der Waals surface area contributed by atoms with Gasteiger partial charge in [0.15, 0.2) is 0 Å². The Labute approximate surface area is 95.7 Å². The smallest absolute Gasteiger partial charge is 0.114 e. The summed E-state index contributed by atoms with van der Waals surface area (Å²) < 4.78 is 3.74. The van der Waals surface area contributed by atoms with Crippen LogP contribution in [-0.2, 0) is 0 Å². The molecule has 0 bridgehead atoms. The van der Waals surface area contributed by atoms with Crippen molar-refractivity contribution >= 4 is 12.9 Å². The fraction of sp³-hybridized carbons (Fsp3) is 0.857. The van der Waals surface area contributed by atoms with E-state index in [1.807, 2.05) is 6.21 Å². The maximum atomic E-state index is 3.74. The third-order valence-corrected chi connectivity index (χ3v) is 2.82. The molecule has 0 aliphatic rings. The van der Waals surface area contributed by atoms with Gasteiger partial charge in [0, 0.05) is 6.42 Å². The van der Waals surface area contributed by atoms with Crippen LogP contribution in [0.2, 0.25) is 0 Å². The molecule has 0 rings (SSSR count). The summed E-state index contributed by atoms with van der Waals surface area (Å²) >= 11 is 0. The minimum atomic E-state index is 1.11. The van der Waals surface area contributed by atoms with Crippen LogP contribution >= 0.6 is 0 Å². The van der Waals surface area contributed by atoms with Crippen molar-refractivity contribution in [2.45, 2.75) is 77.6 Å². The van der Waals surface area contributed by atoms with Crippen LogP contribution in [0.15, 0.2) is 0 Å². The predicted molar refractivity (Wildman–Crippen MR) is 71.8 cm³/mol. The SMILES string of the molecule is C=[N+]=CCCCCCCCCCCCC. The summed E-state index contributed by atoms with van der Waals surface area (Å²) in [5, 5.41) is 0. The molecule has 0 radical (unpaired) electrons. The molecule has 0 saturated carbocycles. The molecule has 0 N–H and O–H groups in total. The molecule has 0 aromatic rings. The first-order valence-electron chi connectivity index (χ1n) is 6.69. The van der Waals surface area contributed by atoms with Crippen LogP contribution in [0.1, 0.15) is 77.6 Å². The van der Waals surface area contributed by atoms with E-state index >= 15 is 0 Å². The van der Waals surface area contributed by atoms with Gasteiger partial charge in [0.05, 0.1) is 0 Å². The topological polar surface area (TPSA) is 14.1 Å². The van der Waals surface area contributed by atoms with Gasteiger partial charge in [-0.15, -0.1) is 4.67 Å². The Morgan fingerprint density at radius 1 is 0.800 bits per heavy atom. The van der Waals surface area contributed by atoms with Gasteiger partial charge in [0.25, 0.3) is 12.9 Å². The van der Waals surface area contributed by atoms with Crippen LogP contribution < -0.4 is 4.67 Å². The number of nitrogens with zero attached hydrogens (tertiary/aromatic N) is 1. The van der Waals surface area contributed by atoms with E-state index in [1.54, 1.807) is 0 Å². The summed E-state index contributed by atoms with van der Waals surface area (Å²) in [7, 11) is 0. The summed E-state index contributed by atoms with van der Waals surface area (Å²) in [4.78, 5) is 0. The van der Waals surface area contributed by atoms with Crippen LogP contribution in [0.25, 0.3) is 0 Å². The molecule has 0 aromatic carbocycles. The minimum Gasteiger partial charge on any atom is -0.114 e. The second kappa shape index (κ2) is 13.4. The van der Waals surface area contributed by atoms with Crippen LogP contribution in [0, 0.1) is 0 Å². The molecule has 15 heavy (non-hydrogen) atoms. The third-order valence-electron chi connectivity index (χ3n) is 2.82. The Hall–Kier alpha value is -0.550. The number of rotatable bonds is 11. The molecule has 0 unspecified atom stereocenters. The van der Waals surface area contributed by atoms with Crippen molar-refractivity contribution in [3.63, 3.8) is 0 Å². The van der Waals surface area contributed by atoms with E-state index in [4.69, 9.17) is 0 Å². The molecule has 0 saturated heterocycles. The molecule has 0 spiro atoms. The fourth-order valence-electron chi connectivity index (χ4n) is 1.81. The summed E-state index contributed by atoms with van der Waals surface area (Å²) in [5.74, 6) is 0. The van der Waals surface area contributed by atoms with E-state index < -0.39 is 0 Å². The molecule has 0 fully saturated rings. The van der Waals surface area contributed by atoms with Gasteiger partial charge in [-0.2, -0.15) is 0 Å². The van der Waals surface area contributed by atoms with E-state index in [0.717, 1.165) is 6.42 Å². The molecule has 0 atom stereocenters. The Bertz CT molecular complexity index is 157. The van der Waals surface area contributed by atoms with Crippen molar-refractivity contribution in [1.29, 1.82) is 0 Å². The number of hydrogen-bond acceptors (Lipinski definition) is 0. The van der Waals surface area contributed by atoms with E-state index in [2.05, 4.69) is 18.3 Å². The summed E-state index contributed by atoms with van der Waals surface area (Å²) in [5.41, 5.74) is 0. The van der Waals surface area contributed by atoms with Crippen LogP contribution in [0.5, 0.6) is 0 Å². The second-order valence-corrected chi connectivity index (χ2v) is 4.34. The lowest BCUT2D eigenvalue weighted by atomic mass is 10.1. The lowest BCUT2D eigenvalue weighted by molar-refractivity contribution is 0.559. The lowest BCUT2D eigenvalue weighted by Crippen LogP contribution is -1.83. The first-order chi connectivity index (χ1) is 7.41. The molecule has 0 amide bonds. The van der Waals surface area contributed by atoms with Crippen LogP contribution in [-0.4, -0.2) is 12.9 Å². The van der Waals surface area contributed by atoms with E-state index in [-0.39, 0.29) is 0 Å². The molecular weight excluding hydrogens is 182 g/mol. The highest BCUT2D eigenvalue weighted by atomic mass is 14.5. The first kappa shape index (κ1) is 14.5. The van der Waals surface area contributed by atoms with Gasteiger partial charge in [-0.1, -0.05) is 64.7 Å². The summed E-state index contributed by atoms with van der Waals surface area (Å²) in [6.07, 6.45) is 17.1. The van der Waals surface area contributed by atoms with Gasteiger partial charge in [0.1, 0.15) is 0 Å². The van der Waals surface area contributed by atoms with Crippen molar-refractivity contribution in [3.05, 3.63) is 0 Å². The normalized spacial score (nSPS) is 9.93. The maximum Gasteiger partial charge on any atom is 0.268 e. The number of unbranched alkanes of at least 4 members (excludes halogenated alkanes) is 10. The van der Waals surface area contributed by atoms with Gasteiger partial charge in [-0.3, -0.25) is 0 Å². The second-order valence-electron chi connectivity index (χ2n) is 4.34. The van der Waals surface area contributed by atoms with Gasteiger partial charge >= 0.3 is 0 Å². The van der Waals surface area contributed by atoms with Crippen molar-refractivity contribution in [1.82, 2.24) is 4.67 Å². The molecule has 88 valence electrons. The molecule has 0 heterocycles. The standard InChI is InChI=1S/C14H28N/c1-3-4-5-6-7-8-9-10-11-12-13-14-15-2/h14H,2-13H2,1H3/q+1. The largest absolute Gasteiger partial charge is 0.268 e. The maximum absolute atomic E-state index is 3.74. The zero-order chi connectivity index (χ0) is 11.2. The molecule has 1 nitrogen and oxygen atoms in total. The van der Waals surface area contributed by atoms with Crippen molar-refractivity contribution in [3.8, 4) is 0 Å². The lowest BCUT2D eigenvalue weighted by Gasteiger charge is -2.00. The van der Waals surface area contributed by atoms with E-state index in [9.17, 15) is 0 Å². The van der Waals surface area contributed by atoms with Gasteiger partial charge in [0.2, 0.25) is 0 Å². The molecule has 0 aliphatic heterocycles. The van der Waals surface area contributed by atoms with Crippen LogP contribution in [0.4, 0.5) is 0 Å². The monoisotopic (exact) mass is 210 g/mol. The average Bonchev–Trinajstić information content (AvgIpc) is 2.26. The van der Waals surface area contributed by atoms with E-state index in [0.29, 0.717) is 0 Å². The average molecular weight is 210 g/mol. The minimum absolute atomic E-state index is 1.11. The molecule has 1 heteroatoms. The summed E-state index contributed by atoms with van der Waals surface area (Å²) in [6, 6.07) is 0. The predicted octanol–water partition coefficient (Wildman–Crippen LogP) is 4.14. The van der Waals surface area contributed by atoms with Crippen LogP contribution in [0.3, 0.4) is 0 Å². The zero-order valence-corrected chi connectivity index (χ0v) is 10.5. The first-order valence-corrected chi connectivity index (χ1v) is 6.69. The Morgan fingerprint density at radius 2 is 1.27 bits per heavy atom. The van der Waals surface area contributed by atoms with Crippen molar-refractivity contribution < 1.29 is 0 Å². The number of hydrogen-bond donors (Lipinski definition) is 0. The Morgan fingerprint density at radius 3 is 1.73 bits per heavy atom. The van der Waals surface area contributed by atoms with Crippen molar-refractivity contribution in [2.24, 2.45) is 0 Å². The quantitative estimate of drug-likeness (QED) is 0.276. The fourth-order valence-corrected chi connectivity index (χ4v) is 1.81.